The van der Waals surface area contributed by atoms with Crippen LogP contribution in [0, 0.1) is 26.2 Å². The van der Waals surface area contributed by atoms with Gasteiger partial charge >= 0.3 is 0 Å². The van der Waals surface area contributed by atoms with Gasteiger partial charge in [0.05, 0.1) is 33.4 Å². The molecule has 0 aliphatic carbocycles. The second-order valence-corrected chi connectivity index (χ2v) is 4.70. The number of ether oxygens (including phenoxy) is 1. The van der Waals surface area contributed by atoms with E-state index < -0.39 is 0 Å². The van der Waals surface area contributed by atoms with Crippen molar-refractivity contribution in [3.63, 3.8) is 0 Å². The second-order valence-electron chi connectivity index (χ2n) is 3.53. The van der Waals surface area contributed by atoms with Crippen LogP contribution in [0.4, 0.5) is 5.69 Å². The predicted octanol–water partition coefficient (Wildman–Crippen LogP) is 1.15. The van der Waals surface area contributed by atoms with Crippen LogP contribution < -0.4 is 15.8 Å². The maximum atomic E-state index is 11.4. The van der Waals surface area contributed by atoms with E-state index in [1.165, 1.54) is 6.07 Å². The van der Waals surface area contributed by atoms with E-state index in [-0.39, 0.29) is 18.9 Å². The highest BCUT2D eigenvalue weighted by atomic mass is 127. The number of amides is 1. The largest absolute Gasteiger partial charge is 0.480 e. The van der Waals surface area contributed by atoms with Gasteiger partial charge in [-0.2, -0.15) is 10.5 Å². The van der Waals surface area contributed by atoms with Crippen molar-refractivity contribution in [2.75, 3.05) is 18.9 Å². The molecule has 0 heterocycles. The molecule has 0 atom stereocenters. The summed E-state index contributed by atoms with van der Waals surface area (Å²) in [5, 5.41) is 19.6. The number of nitrogens with zero attached hydrogens (tertiary/aromatic N) is 2. The fourth-order valence-electron chi connectivity index (χ4n) is 1.28. The minimum Gasteiger partial charge on any atom is -0.480 e. The Kier molecular flexibility index (Phi) is 5.90. The lowest BCUT2D eigenvalue weighted by Crippen LogP contribution is -2.29. The topological polar surface area (TPSA) is 112 Å². The molecule has 0 saturated heterocycles. The molecular weight excluding hydrogens is 359 g/mol. The van der Waals surface area contributed by atoms with Gasteiger partial charge in [0.25, 0.3) is 5.91 Å². The van der Waals surface area contributed by atoms with Crippen molar-refractivity contribution in [1.29, 1.82) is 10.5 Å². The molecule has 7 heteroatoms. The Hall–Kier alpha value is -2.00. The highest BCUT2D eigenvalue weighted by Crippen LogP contribution is 2.29. The Morgan fingerprint density at radius 3 is 2.79 bits per heavy atom. The zero-order valence-corrected chi connectivity index (χ0v) is 12.1. The fraction of sp³-hybridized carbons (Fsp3) is 0.250. The number of nitrogen functional groups attached to an aromatic ring is 1. The number of carbonyl (C=O) groups excluding carboxylic acids is 1. The molecular formula is C12H11IN4O2. The molecule has 1 aromatic rings. The summed E-state index contributed by atoms with van der Waals surface area (Å²) in [4.78, 5) is 11.4. The van der Waals surface area contributed by atoms with E-state index in [2.05, 4.69) is 5.32 Å². The van der Waals surface area contributed by atoms with Gasteiger partial charge in [0.15, 0.2) is 12.4 Å². The molecule has 19 heavy (non-hydrogen) atoms. The van der Waals surface area contributed by atoms with Crippen molar-refractivity contribution in [2.24, 2.45) is 0 Å². The quantitative estimate of drug-likeness (QED) is 0.459. The van der Waals surface area contributed by atoms with E-state index in [1.54, 1.807) is 6.07 Å². The summed E-state index contributed by atoms with van der Waals surface area (Å²) in [5.41, 5.74) is 6.50. The number of carbonyl (C=O) groups is 1. The monoisotopic (exact) mass is 370 g/mol. The average molecular weight is 370 g/mol. The Morgan fingerprint density at radius 1 is 1.47 bits per heavy atom. The van der Waals surface area contributed by atoms with Gasteiger partial charge in [-0.15, -0.1) is 0 Å². The normalized spacial score (nSPS) is 9.21. The number of hydrogen-bond donors (Lipinski definition) is 2. The first-order chi connectivity index (χ1) is 9.08. The lowest BCUT2D eigenvalue weighted by molar-refractivity contribution is -0.123. The molecule has 0 spiro atoms. The predicted molar refractivity (Wildman–Crippen MR) is 77.0 cm³/mol. The number of benzene rings is 1. The van der Waals surface area contributed by atoms with Crippen LogP contribution in [0.5, 0.6) is 5.75 Å². The number of rotatable bonds is 5. The summed E-state index contributed by atoms with van der Waals surface area (Å²) in [7, 11) is 0. The molecule has 0 aliphatic rings. The van der Waals surface area contributed by atoms with Crippen molar-refractivity contribution < 1.29 is 9.53 Å². The molecule has 0 saturated carbocycles. The number of hydrogen-bond acceptors (Lipinski definition) is 5. The Balaban J connectivity index is 2.62. The summed E-state index contributed by atoms with van der Waals surface area (Å²) in [6.07, 6.45) is 0.252. The zero-order chi connectivity index (χ0) is 14.3. The van der Waals surface area contributed by atoms with Gasteiger partial charge in [0, 0.05) is 6.54 Å². The standard InChI is InChI=1S/C12H11IN4O2/c13-9-4-8(6-15)5-10(16)12(9)19-7-11(18)17-3-1-2-14/h4-5H,1,3,7,16H2,(H,17,18). The van der Waals surface area contributed by atoms with Crippen molar-refractivity contribution in [1.82, 2.24) is 5.32 Å². The summed E-state index contributed by atoms with van der Waals surface area (Å²) in [6, 6.07) is 7.02. The van der Waals surface area contributed by atoms with E-state index in [0.29, 0.717) is 27.1 Å². The molecule has 0 unspecified atom stereocenters. The Bertz CT molecular complexity index is 537. The number of halogens is 1. The van der Waals surface area contributed by atoms with Crippen LogP contribution in [-0.2, 0) is 4.79 Å². The van der Waals surface area contributed by atoms with Crippen molar-refractivity contribution in [2.45, 2.75) is 6.42 Å². The van der Waals surface area contributed by atoms with Crippen LogP contribution in [0.2, 0.25) is 0 Å². The van der Waals surface area contributed by atoms with Gasteiger partial charge in [-0.05, 0) is 34.7 Å². The van der Waals surface area contributed by atoms with E-state index in [9.17, 15) is 4.79 Å². The summed E-state index contributed by atoms with van der Waals surface area (Å²) < 4.78 is 5.99. The van der Waals surface area contributed by atoms with E-state index in [4.69, 9.17) is 21.0 Å². The third-order valence-corrected chi connectivity index (χ3v) is 2.91. The van der Waals surface area contributed by atoms with Crippen molar-refractivity contribution in [3.05, 3.63) is 21.3 Å². The third-order valence-electron chi connectivity index (χ3n) is 2.11. The molecule has 0 radical (unpaired) electrons. The molecule has 3 N–H and O–H groups in total. The Morgan fingerprint density at radius 2 is 2.21 bits per heavy atom. The number of nitrogens with two attached hydrogens (primary N) is 1. The highest BCUT2D eigenvalue weighted by molar-refractivity contribution is 14.1. The van der Waals surface area contributed by atoms with Gasteiger partial charge in [-0.3, -0.25) is 4.79 Å². The van der Waals surface area contributed by atoms with E-state index in [0.717, 1.165) is 0 Å². The smallest absolute Gasteiger partial charge is 0.257 e. The molecule has 0 fully saturated rings. The maximum absolute atomic E-state index is 11.4. The van der Waals surface area contributed by atoms with E-state index >= 15 is 0 Å². The van der Waals surface area contributed by atoms with Gasteiger partial charge in [0.1, 0.15) is 0 Å². The van der Waals surface area contributed by atoms with Crippen LogP contribution in [0.15, 0.2) is 12.1 Å². The zero-order valence-electron chi connectivity index (χ0n) is 9.94. The molecule has 1 rings (SSSR count). The van der Waals surface area contributed by atoms with Crippen LogP contribution in [0.1, 0.15) is 12.0 Å². The first-order valence-electron chi connectivity index (χ1n) is 5.34. The number of nitrogens with one attached hydrogen (secondary N) is 1. The highest BCUT2D eigenvalue weighted by Gasteiger charge is 2.10. The summed E-state index contributed by atoms with van der Waals surface area (Å²) >= 11 is 1.99. The van der Waals surface area contributed by atoms with Gasteiger partial charge in [0.2, 0.25) is 0 Å². The van der Waals surface area contributed by atoms with Crippen LogP contribution in [-0.4, -0.2) is 19.1 Å². The van der Waals surface area contributed by atoms with Crippen LogP contribution in [0.25, 0.3) is 0 Å². The molecule has 0 aromatic heterocycles. The number of nitriles is 2. The molecule has 0 bridgehead atoms. The fourth-order valence-corrected chi connectivity index (χ4v) is 2.08. The average Bonchev–Trinajstić information content (AvgIpc) is 2.37. The van der Waals surface area contributed by atoms with Gasteiger partial charge in [-0.25, -0.2) is 0 Å². The second kappa shape index (κ2) is 7.44. The first-order valence-corrected chi connectivity index (χ1v) is 6.42. The Labute approximate surface area is 124 Å². The lowest BCUT2D eigenvalue weighted by Gasteiger charge is -2.11. The third kappa shape index (κ3) is 4.64. The maximum Gasteiger partial charge on any atom is 0.257 e. The van der Waals surface area contributed by atoms with Crippen molar-refractivity contribution in [3.8, 4) is 17.9 Å². The van der Waals surface area contributed by atoms with Gasteiger partial charge < -0.3 is 15.8 Å². The minimum atomic E-state index is -0.324. The minimum absolute atomic E-state index is 0.183. The molecule has 0 aliphatic heterocycles. The first kappa shape index (κ1) is 15.1. The molecule has 6 nitrogen and oxygen atoms in total. The van der Waals surface area contributed by atoms with Gasteiger partial charge in [-0.1, -0.05) is 0 Å². The van der Waals surface area contributed by atoms with Crippen LogP contribution >= 0.6 is 22.6 Å². The molecule has 98 valence electrons. The molecule has 1 aromatic carbocycles. The summed E-state index contributed by atoms with van der Waals surface area (Å²) in [5.74, 6) is 0.0600. The van der Waals surface area contributed by atoms with E-state index in [1.807, 2.05) is 34.7 Å². The van der Waals surface area contributed by atoms with Crippen molar-refractivity contribution >= 4 is 34.2 Å². The van der Waals surface area contributed by atoms with Crippen LogP contribution in [0.3, 0.4) is 0 Å². The summed E-state index contributed by atoms with van der Waals surface area (Å²) in [6.45, 7) is 0.107. The lowest BCUT2D eigenvalue weighted by atomic mass is 10.2. The SMILES string of the molecule is N#CCCNC(=O)COc1c(N)cc(C#N)cc1I. The molecule has 1 amide bonds. The number of anilines is 1.